The molecule has 0 saturated carbocycles. The number of benzene rings is 3. The van der Waals surface area contributed by atoms with E-state index in [0.717, 1.165) is 18.6 Å². The Bertz CT molecular complexity index is 1260. The molecule has 200 valence electrons. The van der Waals surface area contributed by atoms with Gasteiger partial charge in [0.15, 0.2) is 18.1 Å². The first kappa shape index (κ1) is 28.8. The summed E-state index contributed by atoms with van der Waals surface area (Å²) in [7, 11) is 0. The second-order valence-corrected chi connectivity index (χ2v) is 8.75. The number of nitrogens with one attached hydrogen (secondary N) is 1. The number of esters is 1. The lowest BCUT2D eigenvalue weighted by Gasteiger charge is -2.12. The molecular weight excluding hydrogens is 531 g/mol. The largest absolute Gasteiger partial charge is 0.494 e. The van der Waals surface area contributed by atoms with E-state index in [1.165, 1.54) is 18.3 Å². The Kier molecular flexibility index (Phi) is 11.3. The van der Waals surface area contributed by atoms with Crippen LogP contribution in [0.2, 0.25) is 10.0 Å². The highest BCUT2D eigenvalue weighted by atomic mass is 35.5. The van der Waals surface area contributed by atoms with Gasteiger partial charge >= 0.3 is 5.97 Å². The molecule has 0 bridgehead atoms. The average molecular weight is 559 g/mol. The third-order valence-electron chi connectivity index (χ3n) is 4.98. The number of halogens is 2. The maximum atomic E-state index is 12.6. The molecule has 0 aliphatic carbocycles. The maximum absolute atomic E-state index is 12.6. The fourth-order valence-corrected chi connectivity index (χ4v) is 3.58. The van der Waals surface area contributed by atoms with Crippen molar-refractivity contribution < 1.29 is 28.5 Å². The van der Waals surface area contributed by atoms with E-state index in [0.29, 0.717) is 35.3 Å². The molecule has 0 aromatic heterocycles. The van der Waals surface area contributed by atoms with Gasteiger partial charge in [0.2, 0.25) is 0 Å². The zero-order valence-corrected chi connectivity index (χ0v) is 22.6. The molecule has 1 N–H and O–H groups in total. The monoisotopic (exact) mass is 558 g/mol. The molecule has 3 aromatic carbocycles. The number of nitrogens with zero attached hydrogens (tertiary/aromatic N) is 1. The lowest BCUT2D eigenvalue weighted by molar-refractivity contribution is -0.123. The minimum absolute atomic E-state index is 0.172. The first-order valence-corrected chi connectivity index (χ1v) is 12.8. The summed E-state index contributed by atoms with van der Waals surface area (Å²) in [6.07, 6.45) is 3.49. The van der Waals surface area contributed by atoms with Crippen molar-refractivity contribution in [2.24, 2.45) is 5.10 Å². The fraction of sp³-hybridized carbons (Fsp3) is 0.250. The van der Waals surface area contributed by atoms with Crippen LogP contribution in [0.4, 0.5) is 0 Å². The third-order valence-corrected chi connectivity index (χ3v) is 5.53. The second-order valence-electron chi connectivity index (χ2n) is 7.91. The van der Waals surface area contributed by atoms with Crippen LogP contribution >= 0.6 is 23.2 Å². The predicted molar refractivity (Wildman–Crippen MR) is 147 cm³/mol. The minimum atomic E-state index is -0.653. The number of amides is 1. The summed E-state index contributed by atoms with van der Waals surface area (Å²) in [4.78, 5) is 24.7. The molecule has 0 aliphatic rings. The van der Waals surface area contributed by atoms with Gasteiger partial charge in [-0.2, -0.15) is 5.10 Å². The highest BCUT2D eigenvalue weighted by molar-refractivity contribution is 6.36. The maximum Gasteiger partial charge on any atom is 0.345 e. The molecule has 0 spiro atoms. The van der Waals surface area contributed by atoms with Crippen LogP contribution in [0.25, 0.3) is 0 Å². The van der Waals surface area contributed by atoms with E-state index in [2.05, 4.69) is 17.5 Å². The quantitative estimate of drug-likeness (QED) is 0.0866. The van der Waals surface area contributed by atoms with Gasteiger partial charge in [0.25, 0.3) is 5.91 Å². The molecule has 0 aliphatic heterocycles. The molecule has 10 heteroatoms. The van der Waals surface area contributed by atoms with Gasteiger partial charge in [-0.1, -0.05) is 36.5 Å². The Morgan fingerprint density at radius 3 is 2.32 bits per heavy atom. The molecule has 38 heavy (non-hydrogen) atoms. The normalized spacial score (nSPS) is 10.7. The summed E-state index contributed by atoms with van der Waals surface area (Å²) in [6, 6.07) is 16.4. The van der Waals surface area contributed by atoms with E-state index in [9.17, 15) is 9.59 Å². The predicted octanol–water partition coefficient (Wildman–Crippen LogP) is 6.32. The fourth-order valence-electron chi connectivity index (χ4n) is 3.09. The molecule has 3 rings (SSSR count). The molecule has 0 unspecified atom stereocenters. The summed E-state index contributed by atoms with van der Waals surface area (Å²) < 4.78 is 22.2. The molecule has 3 aromatic rings. The summed E-state index contributed by atoms with van der Waals surface area (Å²) in [6.45, 7) is 4.70. The van der Waals surface area contributed by atoms with Crippen molar-refractivity contribution in [3.63, 3.8) is 0 Å². The van der Waals surface area contributed by atoms with Gasteiger partial charge < -0.3 is 18.9 Å². The van der Waals surface area contributed by atoms with Gasteiger partial charge in [-0.05, 0) is 79.6 Å². The minimum Gasteiger partial charge on any atom is -0.494 e. The Labute approximate surface area is 231 Å². The Morgan fingerprint density at radius 1 is 0.895 bits per heavy atom. The van der Waals surface area contributed by atoms with E-state index >= 15 is 0 Å². The van der Waals surface area contributed by atoms with Gasteiger partial charge in [0.05, 0.1) is 30.0 Å². The second kappa shape index (κ2) is 14.9. The molecule has 0 heterocycles. The number of unbranched alkanes of at least 4 members (excludes halogenated alkanes) is 1. The van der Waals surface area contributed by atoms with E-state index in [1.54, 1.807) is 55.5 Å². The van der Waals surface area contributed by atoms with Crippen LogP contribution < -0.4 is 24.4 Å². The molecule has 8 nitrogen and oxygen atoms in total. The molecule has 0 fully saturated rings. The number of hydrazone groups is 1. The number of hydrogen-bond acceptors (Lipinski definition) is 7. The standard InChI is InChI=1S/C28H28Cl2N2O6/c1-3-5-14-36-21-8-10-22(11-9-21)37-18-27(33)32-31-17-19-6-13-25(26(15-19)35-4-2)38-28(34)23-12-7-20(29)16-24(23)30/h6-13,15-17H,3-5,14,18H2,1-2H3,(H,32,33). The molecule has 0 atom stereocenters. The first-order chi connectivity index (χ1) is 18.4. The smallest absolute Gasteiger partial charge is 0.345 e. The number of carbonyl (C=O) groups excluding carboxylic acids is 2. The zero-order valence-electron chi connectivity index (χ0n) is 21.0. The number of hydrogen-bond donors (Lipinski definition) is 1. The van der Waals surface area contributed by atoms with Crippen molar-refractivity contribution in [3.05, 3.63) is 81.8 Å². The van der Waals surface area contributed by atoms with Crippen molar-refractivity contribution in [1.29, 1.82) is 0 Å². The number of rotatable bonds is 13. The van der Waals surface area contributed by atoms with Gasteiger partial charge in [0.1, 0.15) is 11.5 Å². The van der Waals surface area contributed by atoms with Crippen LogP contribution in [0, 0.1) is 0 Å². The van der Waals surface area contributed by atoms with Crippen molar-refractivity contribution in [2.45, 2.75) is 26.7 Å². The SMILES string of the molecule is CCCCOc1ccc(OCC(=O)NN=Cc2ccc(OC(=O)c3ccc(Cl)cc3Cl)c(OCC)c2)cc1. The molecule has 0 saturated heterocycles. The lowest BCUT2D eigenvalue weighted by atomic mass is 10.2. The van der Waals surface area contributed by atoms with Crippen LogP contribution in [0.1, 0.15) is 42.6 Å². The number of carbonyl (C=O) groups is 2. The van der Waals surface area contributed by atoms with Gasteiger partial charge in [0, 0.05) is 5.02 Å². The van der Waals surface area contributed by atoms with Crippen molar-refractivity contribution >= 4 is 41.3 Å². The summed E-state index contributed by atoms with van der Waals surface area (Å²) >= 11 is 12.0. The van der Waals surface area contributed by atoms with Crippen molar-refractivity contribution in [1.82, 2.24) is 5.43 Å². The van der Waals surface area contributed by atoms with E-state index in [1.807, 2.05) is 0 Å². The zero-order chi connectivity index (χ0) is 27.3. The molecule has 1 amide bonds. The molecular formula is C28H28Cl2N2O6. The number of ether oxygens (including phenoxy) is 4. The highest BCUT2D eigenvalue weighted by Crippen LogP contribution is 2.30. The summed E-state index contributed by atoms with van der Waals surface area (Å²) in [5.74, 6) is 0.741. The Morgan fingerprint density at radius 2 is 1.63 bits per heavy atom. The van der Waals surface area contributed by atoms with E-state index in [-0.39, 0.29) is 22.9 Å². The van der Waals surface area contributed by atoms with Crippen molar-refractivity contribution in [3.8, 4) is 23.0 Å². The van der Waals surface area contributed by atoms with Crippen LogP contribution in [0.15, 0.2) is 65.8 Å². The summed E-state index contributed by atoms with van der Waals surface area (Å²) in [5, 5.41) is 4.54. The summed E-state index contributed by atoms with van der Waals surface area (Å²) in [5.41, 5.74) is 3.19. The first-order valence-electron chi connectivity index (χ1n) is 12.0. The van der Waals surface area contributed by atoms with Gasteiger partial charge in [-0.15, -0.1) is 0 Å². The van der Waals surface area contributed by atoms with Crippen LogP contribution in [-0.4, -0.2) is 37.9 Å². The van der Waals surface area contributed by atoms with E-state index in [4.69, 9.17) is 42.1 Å². The van der Waals surface area contributed by atoms with Crippen molar-refractivity contribution in [2.75, 3.05) is 19.8 Å². The van der Waals surface area contributed by atoms with Crippen LogP contribution in [0.3, 0.4) is 0 Å². The Hall–Kier alpha value is -3.75. The van der Waals surface area contributed by atoms with Gasteiger partial charge in [-0.25, -0.2) is 10.2 Å². The third kappa shape index (κ3) is 8.97. The van der Waals surface area contributed by atoms with Gasteiger partial charge in [-0.3, -0.25) is 4.79 Å². The average Bonchev–Trinajstić information content (AvgIpc) is 2.90. The topological polar surface area (TPSA) is 95.5 Å². The Balaban J connectivity index is 1.53. The van der Waals surface area contributed by atoms with Crippen LogP contribution in [-0.2, 0) is 4.79 Å². The van der Waals surface area contributed by atoms with Crippen LogP contribution in [0.5, 0.6) is 23.0 Å². The molecule has 0 radical (unpaired) electrons. The highest BCUT2D eigenvalue weighted by Gasteiger charge is 2.16. The lowest BCUT2D eigenvalue weighted by Crippen LogP contribution is -2.24. The van der Waals surface area contributed by atoms with E-state index < -0.39 is 11.9 Å².